The van der Waals surface area contributed by atoms with Crippen molar-refractivity contribution >= 4 is 33.6 Å². The molecule has 7 heteroatoms. The average Bonchev–Trinajstić information content (AvgIpc) is 2.75. The molecular formula is C12H13BrFN3O2. The molecule has 0 spiro atoms. The quantitative estimate of drug-likeness (QED) is 0.775. The number of hydrogen-bond acceptors (Lipinski definition) is 2. The summed E-state index contributed by atoms with van der Waals surface area (Å²) in [6.45, 7) is 2.01. The van der Waals surface area contributed by atoms with E-state index in [9.17, 15) is 14.0 Å². The second-order valence-electron chi connectivity index (χ2n) is 4.34. The second-order valence-corrected chi connectivity index (χ2v) is 5.19. The van der Waals surface area contributed by atoms with Gasteiger partial charge in [0, 0.05) is 23.0 Å². The molecule has 1 unspecified atom stereocenters. The van der Waals surface area contributed by atoms with Crippen LogP contribution in [0.2, 0.25) is 0 Å². The smallest absolute Gasteiger partial charge is 0.319 e. The number of nitrogens with one attached hydrogen (secondary N) is 3. The number of anilines is 1. The number of hydrogen-bond donors (Lipinski definition) is 3. The molecule has 3 amide bonds. The Kier molecular flexibility index (Phi) is 4.04. The lowest BCUT2D eigenvalue weighted by molar-refractivity contribution is -0.119. The first-order valence-corrected chi connectivity index (χ1v) is 6.55. The van der Waals surface area contributed by atoms with Gasteiger partial charge in [0.2, 0.25) is 5.91 Å². The lowest BCUT2D eigenvalue weighted by Gasteiger charge is -2.13. The van der Waals surface area contributed by atoms with Crippen LogP contribution in [0.5, 0.6) is 0 Å². The molecule has 1 heterocycles. The van der Waals surface area contributed by atoms with Gasteiger partial charge in [-0.25, -0.2) is 9.18 Å². The summed E-state index contributed by atoms with van der Waals surface area (Å²) in [5.74, 6) is -0.582. The SMILES string of the molecule is Cc1c(Br)ccc(NC(=O)NC2CNC(=O)C2)c1F. The number of amides is 3. The Morgan fingerprint density at radius 1 is 1.53 bits per heavy atom. The normalized spacial score (nSPS) is 18.1. The maximum absolute atomic E-state index is 13.9. The number of halogens is 2. The maximum Gasteiger partial charge on any atom is 0.319 e. The molecule has 102 valence electrons. The van der Waals surface area contributed by atoms with E-state index in [1.165, 1.54) is 6.07 Å². The Balaban J connectivity index is 1.99. The van der Waals surface area contributed by atoms with E-state index in [1.807, 2.05) is 0 Å². The Morgan fingerprint density at radius 2 is 2.26 bits per heavy atom. The van der Waals surface area contributed by atoms with Crippen LogP contribution < -0.4 is 16.0 Å². The van der Waals surface area contributed by atoms with E-state index in [1.54, 1.807) is 13.0 Å². The number of benzene rings is 1. The van der Waals surface area contributed by atoms with Crippen LogP contribution in [0, 0.1) is 12.7 Å². The summed E-state index contributed by atoms with van der Waals surface area (Å²) in [5, 5.41) is 7.65. The summed E-state index contributed by atoms with van der Waals surface area (Å²) in [7, 11) is 0. The molecule has 19 heavy (non-hydrogen) atoms. The van der Waals surface area contributed by atoms with Crippen molar-refractivity contribution in [3.05, 3.63) is 28.0 Å². The van der Waals surface area contributed by atoms with Crippen LogP contribution in [-0.2, 0) is 4.79 Å². The Hall–Kier alpha value is -1.63. The zero-order valence-electron chi connectivity index (χ0n) is 10.2. The van der Waals surface area contributed by atoms with E-state index in [2.05, 4.69) is 31.9 Å². The summed E-state index contributed by atoms with van der Waals surface area (Å²) >= 11 is 3.21. The molecule has 1 atom stereocenters. The fourth-order valence-corrected chi connectivity index (χ4v) is 2.12. The van der Waals surface area contributed by atoms with Crippen LogP contribution in [0.1, 0.15) is 12.0 Å². The molecule has 1 fully saturated rings. The molecule has 0 aliphatic carbocycles. The van der Waals surface area contributed by atoms with Crippen LogP contribution >= 0.6 is 15.9 Å². The Labute approximate surface area is 118 Å². The Bertz CT molecular complexity index is 536. The molecule has 2 rings (SSSR count). The maximum atomic E-state index is 13.9. The van der Waals surface area contributed by atoms with Crippen LogP contribution in [0.25, 0.3) is 0 Å². The van der Waals surface area contributed by atoms with Crippen LogP contribution in [0.4, 0.5) is 14.9 Å². The summed E-state index contributed by atoms with van der Waals surface area (Å²) in [5.41, 5.74) is 0.533. The first-order valence-electron chi connectivity index (χ1n) is 5.76. The van der Waals surface area contributed by atoms with Gasteiger partial charge >= 0.3 is 6.03 Å². The van der Waals surface area contributed by atoms with Crippen molar-refractivity contribution in [1.82, 2.24) is 10.6 Å². The Morgan fingerprint density at radius 3 is 2.89 bits per heavy atom. The van der Waals surface area contributed by atoms with Gasteiger partial charge in [-0.3, -0.25) is 4.79 Å². The van der Waals surface area contributed by atoms with Gasteiger partial charge in [0.15, 0.2) is 5.82 Å². The molecule has 1 saturated heterocycles. The van der Waals surface area contributed by atoms with Gasteiger partial charge in [0.05, 0.1) is 11.7 Å². The van der Waals surface area contributed by atoms with E-state index in [0.29, 0.717) is 16.6 Å². The van der Waals surface area contributed by atoms with Crippen molar-refractivity contribution in [1.29, 1.82) is 0 Å². The molecule has 1 aromatic rings. The fourth-order valence-electron chi connectivity index (χ4n) is 1.81. The van der Waals surface area contributed by atoms with Gasteiger partial charge in [-0.2, -0.15) is 0 Å². The molecule has 1 aromatic carbocycles. The highest BCUT2D eigenvalue weighted by molar-refractivity contribution is 9.10. The van der Waals surface area contributed by atoms with E-state index >= 15 is 0 Å². The highest BCUT2D eigenvalue weighted by Crippen LogP contribution is 2.24. The predicted molar refractivity (Wildman–Crippen MR) is 72.4 cm³/mol. The van der Waals surface area contributed by atoms with Crippen molar-refractivity contribution in [2.24, 2.45) is 0 Å². The molecular weight excluding hydrogens is 317 g/mol. The topological polar surface area (TPSA) is 70.2 Å². The standard InChI is InChI=1S/C12H13BrFN3O2/c1-6-8(13)2-3-9(11(6)14)17-12(19)16-7-4-10(18)15-5-7/h2-3,7H,4-5H2,1H3,(H,15,18)(H2,16,17,19). The fraction of sp³-hybridized carbons (Fsp3) is 0.333. The summed E-state index contributed by atoms with van der Waals surface area (Å²) in [6.07, 6.45) is 0.245. The molecule has 5 nitrogen and oxygen atoms in total. The lowest BCUT2D eigenvalue weighted by Crippen LogP contribution is -2.39. The third kappa shape index (κ3) is 3.23. The van der Waals surface area contributed by atoms with Gasteiger partial charge in [0.1, 0.15) is 0 Å². The molecule has 1 aliphatic heterocycles. The summed E-state index contributed by atoms with van der Waals surface area (Å²) < 4.78 is 14.5. The van der Waals surface area contributed by atoms with Crippen molar-refractivity contribution in [2.75, 3.05) is 11.9 Å². The summed E-state index contributed by atoms with van der Waals surface area (Å²) in [4.78, 5) is 22.7. The minimum atomic E-state index is -0.526. The molecule has 1 aliphatic rings. The first kappa shape index (κ1) is 13.8. The minimum absolute atomic E-state index is 0.101. The van der Waals surface area contributed by atoms with Crippen molar-refractivity contribution < 1.29 is 14.0 Å². The minimum Gasteiger partial charge on any atom is -0.354 e. The molecule has 0 radical (unpaired) electrons. The zero-order valence-corrected chi connectivity index (χ0v) is 11.8. The van der Waals surface area contributed by atoms with Gasteiger partial charge in [-0.05, 0) is 19.1 Å². The number of carbonyl (C=O) groups is 2. The average molecular weight is 330 g/mol. The summed E-state index contributed by atoms with van der Waals surface area (Å²) in [6, 6.07) is 2.35. The van der Waals surface area contributed by atoms with Crippen molar-refractivity contribution in [2.45, 2.75) is 19.4 Å². The predicted octanol–water partition coefficient (Wildman–Crippen LogP) is 1.91. The van der Waals surface area contributed by atoms with E-state index in [-0.39, 0.29) is 24.1 Å². The molecule has 3 N–H and O–H groups in total. The molecule has 0 bridgehead atoms. The lowest BCUT2D eigenvalue weighted by atomic mass is 10.2. The third-order valence-electron chi connectivity index (χ3n) is 2.88. The first-order chi connectivity index (χ1) is 8.97. The largest absolute Gasteiger partial charge is 0.354 e. The van der Waals surface area contributed by atoms with Gasteiger partial charge in [-0.15, -0.1) is 0 Å². The second kappa shape index (κ2) is 5.56. The third-order valence-corrected chi connectivity index (χ3v) is 3.74. The van der Waals surface area contributed by atoms with E-state index in [4.69, 9.17) is 0 Å². The molecule has 0 aromatic heterocycles. The highest BCUT2D eigenvalue weighted by atomic mass is 79.9. The van der Waals surface area contributed by atoms with Crippen LogP contribution in [-0.4, -0.2) is 24.5 Å². The van der Waals surface area contributed by atoms with Crippen molar-refractivity contribution in [3.8, 4) is 0 Å². The van der Waals surface area contributed by atoms with Crippen LogP contribution in [0.3, 0.4) is 0 Å². The zero-order chi connectivity index (χ0) is 14.0. The van der Waals surface area contributed by atoms with Crippen molar-refractivity contribution in [3.63, 3.8) is 0 Å². The van der Waals surface area contributed by atoms with E-state index in [0.717, 1.165) is 0 Å². The van der Waals surface area contributed by atoms with Gasteiger partial charge in [-0.1, -0.05) is 15.9 Å². The monoisotopic (exact) mass is 329 g/mol. The number of rotatable bonds is 2. The van der Waals surface area contributed by atoms with Gasteiger partial charge in [0.25, 0.3) is 0 Å². The number of carbonyl (C=O) groups excluding carboxylic acids is 2. The van der Waals surface area contributed by atoms with Crippen LogP contribution in [0.15, 0.2) is 16.6 Å². The van der Waals surface area contributed by atoms with Gasteiger partial charge < -0.3 is 16.0 Å². The highest BCUT2D eigenvalue weighted by Gasteiger charge is 2.23. The molecule has 0 saturated carbocycles. The number of urea groups is 1. The van der Waals surface area contributed by atoms with E-state index < -0.39 is 11.8 Å².